The van der Waals surface area contributed by atoms with Crippen LogP contribution < -0.4 is 5.32 Å². The molecule has 1 nitrogen and oxygen atoms in total. The van der Waals surface area contributed by atoms with Gasteiger partial charge in [0.25, 0.3) is 0 Å². The molecule has 0 spiro atoms. The van der Waals surface area contributed by atoms with Crippen molar-refractivity contribution < 1.29 is 0 Å². The molecule has 1 aliphatic rings. The van der Waals surface area contributed by atoms with Crippen molar-refractivity contribution >= 4 is 0 Å². The third kappa shape index (κ3) is 3.35. The highest BCUT2D eigenvalue weighted by molar-refractivity contribution is 5.32. The van der Waals surface area contributed by atoms with Gasteiger partial charge in [-0.1, -0.05) is 31.2 Å². The fraction of sp³-hybridized carbons (Fsp3) is 0.647. The maximum Gasteiger partial charge on any atom is 0.00382 e. The molecule has 1 N–H and O–H groups in total. The molecule has 100 valence electrons. The quantitative estimate of drug-likeness (QED) is 0.822. The second-order valence-electron chi connectivity index (χ2n) is 6.05. The molecule has 1 aliphatic carbocycles. The van der Waals surface area contributed by atoms with Crippen LogP contribution in [0.15, 0.2) is 24.3 Å². The topological polar surface area (TPSA) is 12.0 Å². The Balaban J connectivity index is 1.98. The van der Waals surface area contributed by atoms with Gasteiger partial charge in [0, 0.05) is 6.04 Å². The summed E-state index contributed by atoms with van der Waals surface area (Å²) in [5.41, 5.74) is 3.23. The molecule has 1 aromatic rings. The third-order valence-corrected chi connectivity index (χ3v) is 4.43. The monoisotopic (exact) mass is 245 g/mol. The van der Waals surface area contributed by atoms with Crippen LogP contribution in [-0.4, -0.2) is 13.1 Å². The predicted octanol–water partition coefficient (Wildman–Crippen LogP) is 4.13. The van der Waals surface area contributed by atoms with Gasteiger partial charge in [-0.3, -0.25) is 0 Å². The van der Waals surface area contributed by atoms with Crippen molar-refractivity contribution in [2.24, 2.45) is 5.92 Å². The molecule has 1 heteroatoms. The van der Waals surface area contributed by atoms with E-state index >= 15 is 0 Å². The van der Waals surface area contributed by atoms with E-state index in [1.54, 1.807) is 11.1 Å². The molecule has 0 bridgehead atoms. The zero-order chi connectivity index (χ0) is 13.0. The maximum absolute atomic E-state index is 3.35. The summed E-state index contributed by atoms with van der Waals surface area (Å²) in [5.74, 6) is 1.61. The first-order valence-electron chi connectivity index (χ1n) is 7.45. The van der Waals surface area contributed by atoms with Crippen molar-refractivity contribution in [1.29, 1.82) is 0 Å². The van der Waals surface area contributed by atoms with Crippen LogP contribution in [-0.2, 0) is 6.42 Å². The summed E-state index contributed by atoms with van der Waals surface area (Å²) in [6.45, 7) is 4.69. The van der Waals surface area contributed by atoms with E-state index in [2.05, 4.69) is 50.5 Å². The number of nitrogens with one attached hydrogen (secondary N) is 1. The van der Waals surface area contributed by atoms with Gasteiger partial charge in [-0.25, -0.2) is 0 Å². The van der Waals surface area contributed by atoms with Gasteiger partial charge in [0.2, 0.25) is 0 Å². The van der Waals surface area contributed by atoms with E-state index in [1.807, 2.05) is 0 Å². The maximum atomic E-state index is 3.35. The lowest BCUT2D eigenvalue weighted by Gasteiger charge is -2.28. The van der Waals surface area contributed by atoms with E-state index in [0.717, 1.165) is 11.8 Å². The minimum Gasteiger partial charge on any atom is -0.317 e. The van der Waals surface area contributed by atoms with Crippen molar-refractivity contribution in [2.45, 2.75) is 57.9 Å². The SMILES string of the molecule is CNC(C)CC(C)CC1CCCc2ccccc21. The highest BCUT2D eigenvalue weighted by Gasteiger charge is 2.22. The predicted molar refractivity (Wildman–Crippen MR) is 79.0 cm³/mol. The van der Waals surface area contributed by atoms with E-state index in [1.165, 1.54) is 32.1 Å². The highest BCUT2D eigenvalue weighted by Crippen LogP contribution is 2.36. The zero-order valence-corrected chi connectivity index (χ0v) is 12.1. The molecule has 3 atom stereocenters. The average molecular weight is 245 g/mol. The summed E-state index contributed by atoms with van der Waals surface area (Å²) in [7, 11) is 2.06. The number of hydrogen-bond donors (Lipinski definition) is 1. The van der Waals surface area contributed by atoms with Gasteiger partial charge in [0.15, 0.2) is 0 Å². The number of aryl methyl sites for hydroxylation is 1. The van der Waals surface area contributed by atoms with Crippen LogP contribution >= 0.6 is 0 Å². The van der Waals surface area contributed by atoms with E-state index < -0.39 is 0 Å². The lowest BCUT2D eigenvalue weighted by Crippen LogP contribution is -2.24. The van der Waals surface area contributed by atoms with Crippen molar-refractivity contribution in [2.75, 3.05) is 7.05 Å². The Morgan fingerprint density at radius 1 is 1.28 bits per heavy atom. The smallest absolute Gasteiger partial charge is 0.00382 e. The Morgan fingerprint density at radius 2 is 2.06 bits per heavy atom. The average Bonchev–Trinajstić information content (AvgIpc) is 2.39. The lowest BCUT2D eigenvalue weighted by atomic mass is 9.77. The number of fused-ring (bicyclic) bond motifs is 1. The van der Waals surface area contributed by atoms with Crippen LogP contribution in [0.4, 0.5) is 0 Å². The Morgan fingerprint density at radius 3 is 2.83 bits per heavy atom. The van der Waals surface area contributed by atoms with Crippen molar-refractivity contribution in [3.8, 4) is 0 Å². The summed E-state index contributed by atoms with van der Waals surface area (Å²) in [6.07, 6.45) is 6.68. The standard InChI is InChI=1S/C17H27N/c1-13(11-14(2)18-3)12-16-9-6-8-15-7-4-5-10-17(15)16/h4-5,7,10,13-14,16,18H,6,8-9,11-12H2,1-3H3. The van der Waals surface area contributed by atoms with E-state index in [4.69, 9.17) is 0 Å². The van der Waals surface area contributed by atoms with Gasteiger partial charge in [-0.05, 0) is 69.0 Å². The number of hydrogen-bond acceptors (Lipinski definition) is 1. The van der Waals surface area contributed by atoms with E-state index in [0.29, 0.717) is 6.04 Å². The minimum atomic E-state index is 0.638. The molecular weight excluding hydrogens is 218 g/mol. The van der Waals surface area contributed by atoms with Gasteiger partial charge >= 0.3 is 0 Å². The van der Waals surface area contributed by atoms with E-state index in [-0.39, 0.29) is 0 Å². The molecular formula is C17H27N. The lowest BCUT2D eigenvalue weighted by molar-refractivity contribution is 0.370. The zero-order valence-electron chi connectivity index (χ0n) is 12.1. The van der Waals surface area contributed by atoms with Gasteiger partial charge in [-0.2, -0.15) is 0 Å². The molecule has 0 aliphatic heterocycles. The summed E-state index contributed by atoms with van der Waals surface area (Å²) in [4.78, 5) is 0. The molecule has 18 heavy (non-hydrogen) atoms. The van der Waals surface area contributed by atoms with Crippen LogP contribution in [0.3, 0.4) is 0 Å². The molecule has 0 aromatic heterocycles. The first-order valence-corrected chi connectivity index (χ1v) is 7.45. The van der Waals surface area contributed by atoms with Crippen molar-refractivity contribution in [3.63, 3.8) is 0 Å². The van der Waals surface area contributed by atoms with Crippen molar-refractivity contribution in [3.05, 3.63) is 35.4 Å². The molecule has 2 rings (SSSR count). The van der Waals surface area contributed by atoms with Crippen molar-refractivity contribution in [1.82, 2.24) is 5.32 Å². The minimum absolute atomic E-state index is 0.638. The second kappa shape index (κ2) is 6.38. The fourth-order valence-corrected chi connectivity index (χ4v) is 3.40. The molecule has 3 unspecified atom stereocenters. The summed E-state index contributed by atoms with van der Waals surface area (Å²) in [5, 5.41) is 3.35. The first-order chi connectivity index (χ1) is 8.70. The largest absolute Gasteiger partial charge is 0.317 e. The molecule has 0 saturated heterocycles. The highest BCUT2D eigenvalue weighted by atomic mass is 14.8. The first kappa shape index (κ1) is 13.6. The Hall–Kier alpha value is -0.820. The second-order valence-corrected chi connectivity index (χ2v) is 6.05. The number of rotatable bonds is 5. The Bertz CT molecular complexity index is 372. The van der Waals surface area contributed by atoms with Crippen LogP contribution in [0.2, 0.25) is 0 Å². The third-order valence-electron chi connectivity index (χ3n) is 4.43. The molecule has 0 heterocycles. The normalized spacial score (nSPS) is 22.3. The van der Waals surface area contributed by atoms with Gasteiger partial charge in [0.05, 0.1) is 0 Å². The molecule has 1 aromatic carbocycles. The van der Waals surface area contributed by atoms with Gasteiger partial charge in [0.1, 0.15) is 0 Å². The Kier molecular flexibility index (Phi) is 4.82. The van der Waals surface area contributed by atoms with Crippen LogP contribution in [0.5, 0.6) is 0 Å². The van der Waals surface area contributed by atoms with Gasteiger partial charge < -0.3 is 5.32 Å². The summed E-state index contributed by atoms with van der Waals surface area (Å²) >= 11 is 0. The molecule has 0 saturated carbocycles. The molecule has 0 amide bonds. The Labute approximate surface area is 112 Å². The van der Waals surface area contributed by atoms with E-state index in [9.17, 15) is 0 Å². The number of benzene rings is 1. The molecule has 0 radical (unpaired) electrons. The van der Waals surface area contributed by atoms with Crippen LogP contribution in [0.25, 0.3) is 0 Å². The summed E-state index contributed by atoms with van der Waals surface area (Å²) in [6, 6.07) is 9.71. The van der Waals surface area contributed by atoms with Crippen LogP contribution in [0, 0.1) is 5.92 Å². The fourth-order valence-electron chi connectivity index (χ4n) is 3.40. The summed E-state index contributed by atoms with van der Waals surface area (Å²) < 4.78 is 0. The van der Waals surface area contributed by atoms with Gasteiger partial charge in [-0.15, -0.1) is 0 Å². The molecule has 0 fully saturated rings. The van der Waals surface area contributed by atoms with Crippen LogP contribution in [0.1, 0.15) is 56.6 Å².